The van der Waals surface area contributed by atoms with Gasteiger partial charge in [-0.3, -0.25) is 23.7 Å². The summed E-state index contributed by atoms with van der Waals surface area (Å²) in [7, 11) is -3.92. The highest BCUT2D eigenvalue weighted by atomic mass is 32.2. The molecule has 2 aliphatic heterocycles. The number of rotatable bonds is 5. The number of imide groups is 3. The van der Waals surface area contributed by atoms with E-state index in [1.165, 1.54) is 30.3 Å². The van der Waals surface area contributed by atoms with Crippen LogP contribution in [0, 0.1) is 5.92 Å². The van der Waals surface area contributed by atoms with E-state index in [1.54, 1.807) is 18.2 Å². The lowest BCUT2D eigenvalue weighted by atomic mass is 9.82. The number of nitrogens with one attached hydrogen (secondary N) is 1. The third kappa shape index (κ3) is 4.60. The Hall–Kier alpha value is -3.99. The standard InChI is InChI=1S/C23H19N5O8S3/c24-22(33)28-19(31)16-15(12-3-1-2-4-13(12)29)18-21(37-17(16)20(28)32)27(23(34)38-18)9-14(30)26-10-5-7-11(8-6-10)39(25,35)36/h1-8,15-17,29H,9H2,(H2,24,33)(H,26,30)(H2,25,35,36)/t15-,16+,17-/m0/s1. The van der Waals surface area contributed by atoms with E-state index in [1.807, 2.05) is 0 Å². The van der Waals surface area contributed by atoms with Gasteiger partial charge in [0, 0.05) is 22.0 Å². The summed E-state index contributed by atoms with van der Waals surface area (Å²) in [5.74, 6) is -4.56. The second-order valence-corrected chi connectivity index (χ2v) is 12.4. The molecule has 5 amide bonds. The van der Waals surface area contributed by atoms with Gasteiger partial charge in [0.05, 0.1) is 15.8 Å². The minimum Gasteiger partial charge on any atom is -0.508 e. The monoisotopic (exact) mass is 589 g/mol. The van der Waals surface area contributed by atoms with Gasteiger partial charge in [0.1, 0.15) is 17.5 Å². The van der Waals surface area contributed by atoms with Gasteiger partial charge in [-0.15, -0.1) is 0 Å². The van der Waals surface area contributed by atoms with E-state index in [4.69, 9.17) is 10.9 Å². The number of primary amides is 1. The van der Waals surface area contributed by atoms with Crippen LogP contribution < -0.4 is 21.1 Å². The van der Waals surface area contributed by atoms with Crippen LogP contribution in [0.4, 0.5) is 10.5 Å². The Kier molecular flexibility index (Phi) is 6.58. The molecular formula is C23H19N5O8S3. The number of hydrogen-bond acceptors (Lipinski definition) is 10. The van der Waals surface area contributed by atoms with Gasteiger partial charge in [0.2, 0.25) is 21.8 Å². The van der Waals surface area contributed by atoms with Crippen molar-refractivity contribution in [3.63, 3.8) is 0 Å². The molecule has 1 aromatic heterocycles. The fraction of sp³-hybridized carbons (Fsp3) is 0.174. The number of nitrogens with two attached hydrogens (primary N) is 2. The largest absolute Gasteiger partial charge is 0.508 e. The van der Waals surface area contributed by atoms with E-state index in [2.05, 4.69) is 5.32 Å². The van der Waals surface area contributed by atoms with Crippen molar-refractivity contribution in [3.05, 3.63) is 68.6 Å². The number of thioether (sulfide) groups is 1. The number of phenolic OH excluding ortho intramolecular Hbond substituents is 1. The second kappa shape index (κ2) is 9.64. The number of likely N-dealkylation sites (tertiary alicyclic amines) is 1. The SMILES string of the molecule is NC(=O)N1C(=O)[C@@H]2[C@H](c3ccccc3O)c3sc(=O)n(CC(=O)Nc4ccc(S(N)(=O)=O)cc4)c3S[C@@H]2C1=O. The summed E-state index contributed by atoms with van der Waals surface area (Å²) < 4.78 is 24.0. The number of anilines is 1. The van der Waals surface area contributed by atoms with Gasteiger partial charge in [-0.2, -0.15) is 4.90 Å². The summed E-state index contributed by atoms with van der Waals surface area (Å²) in [4.78, 5) is 64.1. The maximum absolute atomic E-state index is 13.2. The zero-order valence-corrected chi connectivity index (χ0v) is 22.1. The molecule has 2 aliphatic rings. The lowest BCUT2D eigenvalue weighted by Gasteiger charge is -2.31. The van der Waals surface area contributed by atoms with Crippen molar-refractivity contribution in [2.45, 2.75) is 27.6 Å². The molecule has 1 saturated heterocycles. The average Bonchev–Trinajstić information content (AvgIpc) is 3.30. The maximum Gasteiger partial charge on any atom is 0.328 e. The lowest BCUT2D eigenvalue weighted by Crippen LogP contribution is -2.41. The molecule has 3 heterocycles. The van der Waals surface area contributed by atoms with E-state index < -0.39 is 62.3 Å². The maximum atomic E-state index is 13.2. The van der Waals surface area contributed by atoms with Gasteiger partial charge in [-0.05, 0) is 30.3 Å². The van der Waals surface area contributed by atoms with Crippen LogP contribution in [0.3, 0.4) is 0 Å². The molecule has 6 N–H and O–H groups in total. The normalized spacial score (nSPS) is 20.4. The van der Waals surface area contributed by atoms with Gasteiger partial charge in [-0.25, -0.2) is 18.4 Å². The third-order valence-corrected chi connectivity index (χ3v) is 9.84. The average molecular weight is 590 g/mol. The molecule has 0 bridgehead atoms. The number of primary sulfonamides is 1. The molecule has 16 heteroatoms. The highest BCUT2D eigenvalue weighted by Gasteiger charge is 2.58. The first-order valence-electron chi connectivity index (χ1n) is 11.2. The molecule has 202 valence electrons. The van der Waals surface area contributed by atoms with Crippen LogP contribution in [0.25, 0.3) is 0 Å². The molecule has 2 aromatic carbocycles. The summed E-state index contributed by atoms with van der Waals surface area (Å²) in [6.07, 6.45) is 0. The van der Waals surface area contributed by atoms with Crippen molar-refractivity contribution in [1.82, 2.24) is 9.47 Å². The fourth-order valence-electron chi connectivity index (χ4n) is 4.63. The highest BCUT2D eigenvalue weighted by molar-refractivity contribution is 8.00. The minimum absolute atomic E-state index is 0.148. The van der Waals surface area contributed by atoms with Crippen LogP contribution in [-0.2, 0) is 31.0 Å². The van der Waals surface area contributed by atoms with Crippen molar-refractivity contribution < 1.29 is 32.7 Å². The Morgan fingerprint density at radius 1 is 1.03 bits per heavy atom. The first-order chi connectivity index (χ1) is 18.4. The van der Waals surface area contributed by atoms with E-state index >= 15 is 0 Å². The third-order valence-electron chi connectivity index (χ3n) is 6.31. The van der Waals surface area contributed by atoms with E-state index in [9.17, 15) is 37.5 Å². The smallest absolute Gasteiger partial charge is 0.328 e. The van der Waals surface area contributed by atoms with Crippen molar-refractivity contribution in [2.24, 2.45) is 16.8 Å². The molecule has 13 nitrogen and oxygen atoms in total. The summed E-state index contributed by atoms with van der Waals surface area (Å²) in [6, 6.07) is 9.99. The first kappa shape index (κ1) is 26.6. The zero-order chi connectivity index (χ0) is 28.2. The summed E-state index contributed by atoms with van der Waals surface area (Å²) in [5.41, 5.74) is 5.82. The lowest BCUT2D eigenvalue weighted by molar-refractivity contribution is -0.135. The van der Waals surface area contributed by atoms with Crippen LogP contribution in [0.5, 0.6) is 5.75 Å². The van der Waals surface area contributed by atoms with E-state index in [0.29, 0.717) is 9.78 Å². The number of para-hydroxylation sites is 1. The van der Waals surface area contributed by atoms with Gasteiger partial charge in [0.15, 0.2) is 0 Å². The van der Waals surface area contributed by atoms with Crippen LogP contribution >= 0.6 is 23.1 Å². The number of hydrogen-bond donors (Lipinski definition) is 4. The predicted octanol–water partition coefficient (Wildman–Crippen LogP) is 0.571. The Balaban J connectivity index is 1.52. The first-order valence-corrected chi connectivity index (χ1v) is 14.4. The molecule has 3 aromatic rings. The van der Waals surface area contributed by atoms with Gasteiger partial charge in [-0.1, -0.05) is 41.3 Å². The van der Waals surface area contributed by atoms with Crippen LogP contribution in [0.1, 0.15) is 16.4 Å². The Morgan fingerprint density at radius 3 is 2.31 bits per heavy atom. The molecule has 5 rings (SSSR count). The number of urea groups is 1. The van der Waals surface area contributed by atoms with Crippen LogP contribution in [0.2, 0.25) is 0 Å². The minimum atomic E-state index is -3.92. The Labute approximate surface area is 228 Å². The summed E-state index contributed by atoms with van der Waals surface area (Å²) in [6.45, 7) is -0.471. The number of amides is 5. The molecule has 0 aliphatic carbocycles. The van der Waals surface area contributed by atoms with Crippen molar-refractivity contribution in [3.8, 4) is 5.75 Å². The van der Waals surface area contributed by atoms with Gasteiger partial charge >= 0.3 is 10.9 Å². The van der Waals surface area contributed by atoms with E-state index in [-0.39, 0.29) is 26.9 Å². The van der Waals surface area contributed by atoms with Crippen molar-refractivity contribution >= 4 is 62.6 Å². The molecule has 0 saturated carbocycles. The number of benzene rings is 2. The molecule has 0 unspecified atom stereocenters. The second-order valence-electron chi connectivity index (χ2n) is 8.69. The van der Waals surface area contributed by atoms with Crippen LogP contribution in [-0.4, -0.2) is 52.0 Å². The summed E-state index contributed by atoms with van der Waals surface area (Å²) >= 11 is 1.64. The number of sulfonamides is 1. The highest BCUT2D eigenvalue weighted by Crippen LogP contribution is 2.54. The van der Waals surface area contributed by atoms with Crippen molar-refractivity contribution in [2.75, 3.05) is 5.32 Å². The van der Waals surface area contributed by atoms with Gasteiger partial charge in [0.25, 0.3) is 5.91 Å². The number of aromatic nitrogens is 1. The Morgan fingerprint density at radius 2 is 1.69 bits per heavy atom. The number of nitrogens with zero attached hydrogens (tertiary/aromatic N) is 2. The molecule has 3 atom stereocenters. The molecule has 0 radical (unpaired) electrons. The number of carbonyl (C=O) groups is 4. The Bertz CT molecular complexity index is 1710. The van der Waals surface area contributed by atoms with E-state index in [0.717, 1.165) is 27.7 Å². The topological polar surface area (TPSA) is 212 Å². The number of thiazole rings is 1. The molecular weight excluding hydrogens is 570 g/mol. The number of aromatic hydroxyl groups is 1. The fourth-order valence-corrected chi connectivity index (χ4v) is 7.91. The van der Waals surface area contributed by atoms with Crippen LogP contribution in [0.15, 0.2) is 63.2 Å². The predicted molar refractivity (Wildman–Crippen MR) is 140 cm³/mol. The molecule has 0 spiro atoms. The number of carbonyl (C=O) groups excluding carboxylic acids is 4. The quantitative estimate of drug-likeness (QED) is 0.306. The zero-order valence-electron chi connectivity index (χ0n) is 19.6. The number of fused-ring (bicyclic) bond motifs is 2. The molecule has 39 heavy (non-hydrogen) atoms. The van der Waals surface area contributed by atoms with Gasteiger partial charge < -0.3 is 16.2 Å². The van der Waals surface area contributed by atoms with Crippen molar-refractivity contribution in [1.29, 1.82) is 0 Å². The summed E-state index contributed by atoms with van der Waals surface area (Å²) in [5, 5.41) is 17.3. The number of phenols is 1. The molecule has 1 fully saturated rings.